The Morgan fingerprint density at radius 1 is 1.67 bits per heavy atom. The molecule has 1 unspecified atom stereocenters. The predicted molar refractivity (Wildman–Crippen MR) is 48.3 cm³/mol. The van der Waals surface area contributed by atoms with Gasteiger partial charge >= 0.3 is 0 Å². The van der Waals surface area contributed by atoms with E-state index >= 15 is 0 Å². The van der Waals surface area contributed by atoms with Crippen molar-refractivity contribution in [2.75, 3.05) is 0 Å². The number of rotatable bonds is 2. The summed E-state index contributed by atoms with van der Waals surface area (Å²) in [6.07, 6.45) is 0.992. The minimum Gasteiger partial charge on any atom is -0.310 e. The molecule has 0 fully saturated rings. The molecule has 1 aromatic heterocycles. The van der Waals surface area contributed by atoms with Gasteiger partial charge in [-0.15, -0.1) is 0 Å². The Kier molecular flexibility index (Phi) is 2.63. The van der Waals surface area contributed by atoms with Gasteiger partial charge in [-0.1, -0.05) is 13.8 Å². The van der Waals surface area contributed by atoms with Gasteiger partial charge in [0.1, 0.15) is 5.82 Å². The fraction of sp³-hybridized carbons (Fsp3) is 0.556. The van der Waals surface area contributed by atoms with Gasteiger partial charge in [0.2, 0.25) is 0 Å². The number of aryl methyl sites for hydroxylation is 1. The van der Waals surface area contributed by atoms with Crippen LogP contribution in [0.25, 0.3) is 0 Å². The summed E-state index contributed by atoms with van der Waals surface area (Å²) in [5.74, 6) is 1.13. The van der Waals surface area contributed by atoms with Gasteiger partial charge in [0.25, 0.3) is 5.56 Å². The second-order valence-electron chi connectivity index (χ2n) is 3.08. The Morgan fingerprint density at radius 3 is 2.83 bits per heavy atom. The third kappa shape index (κ3) is 1.94. The van der Waals surface area contributed by atoms with Crippen LogP contribution in [0.3, 0.4) is 0 Å². The van der Waals surface area contributed by atoms with E-state index in [2.05, 4.69) is 23.8 Å². The molecule has 1 atom stereocenters. The molecule has 1 N–H and O–H groups in total. The van der Waals surface area contributed by atoms with E-state index in [1.165, 1.54) is 6.07 Å². The zero-order valence-electron chi connectivity index (χ0n) is 7.72. The van der Waals surface area contributed by atoms with E-state index in [1.54, 1.807) is 0 Å². The van der Waals surface area contributed by atoms with Crippen LogP contribution in [-0.2, 0) is 0 Å². The lowest BCUT2D eigenvalue weighted by molar-refractivity contribution is 0.670. The molecular weight excluding hydrogens is 152 g/mol. The maximum absolute atomic E-state index is 11.0. The molecule has 0 radical (unpaired) electrons. The molecule has 0 aromatic carbocycles. The molecule has 12 heavy (non-hydrogen) atoms. The molecule has 1 heterocycles. The largest absolute Gasteiger partial charge is 0.310 e. The molecule has 0 saturated carbocycles. The first-order chi connectivity index (χ1) is 5.63. The third-order valence-electron chi connectivity index (χ3n) is 1.97. The number of hydrogen-bond acceptors (Lipinski definition) is 2. The first-order valence-corrected chi connectivity index (χ1v) is 4.21. The van der Waals surface area contributed by atoms with Crippen molar-refractivity contribution >= 4 is 0 Å². The fourth-order valence-corrected chi connectivity index (χ4v) is 1.03. The first kappa shape index (κ1) is 8.97. The van der Waals surface area contributed by atoms with E-state index < -0.39 is 0 Å². The normalized spacial score (nSPS) is 12.9. The molecule has 3 nitrogen and oxygen atoms in total. The molecule has 0 amide bonds. The molecule has 1 rings (SSSR count). The Bertz CT molecular complexity index is 317. The van der Waals surface area contributed by atoms with Crippen molar-refractivity contribution in [1.29, 1.82) is 0 Å². The first-order valence-electron chi connectivity index (χ1n) is 4.21. The highest BCUT2D eigenvalue weighted by atomic mass is 16.1. The SMILES string of the molecule is CCC(C)c1nc(C)cc(=O)[nH]1. The maximum atomic E-state index is 11.0. The van der Waals surface area contributed by atoms with Crippen LogP contribution in [0.2, 0.25) is 0 Å². The number of H-pyrrole nitrogens is 1. The van der Waals surface area contributed by atoms with Crippen LogP contribution in [0.4, 0.5) is 0 Å². The molecule has 0 spiro atoms. The Morgan fingerprint density at radius 2 is 2.33 bits per heavy atom. The standard InChI is InChI=1S/C9H14N2O/c1-4-6(2)9-10-7(3)5-8(12)11-9/h5-6H,4H2,1-3H3,(H,10,11,12). The average molecular weight is 166 g/mol. The molecule has 0 aliphatic carbocycles. The summed E-state index contributed by atoms with van der Waals surface area (Å²) in [6, 6.07) is 1.51. The van der Waals surface area contributed by atoms with Crippen LogP contribution in [0.15, 0.2) is 10.9 Å². The van der Waals surface area contributed by atoms with E-state index in [-0.39, 0.29) is 5.56 Å². The van der Waals surface area contributed by atoms with E-state index in [4.69, 9.17) is 0 Å². The summed E-state index contributed by atoms with van der Waals surface area (Å²) < 4.78 is 0. The summed E-state index contributed by atoms with van der Waals surface area (Å²) in [7, 11) is 0. The zero-order valence-corrected chi connectivity index (χ0v) is 7.72. The topological polar surface area (TPSA) is 45.8 Å². The van der Waals surface area contributed by atoms with E-state index in [1.807, 2.05) is 6.92 Å². The summed E-state index contributed by atoms with van der Waals surface area (Å²) >= 11 is 0. The van der Waals surface area contributed by atoms with Gasteiger partial charge < -0.3 is 4.98 Å². The van der Waals surface area contributed by atoms with Gasteiger partial charge in [-0.25, -0.2) is 4.98 Å². The molecule has 3 heteroatoms. The highest BCUT2D eigenvalue weighted by Crippen LogP contribution is 2.11. The number of nitrogens with zero attached hydrogens (tertiary/aromatic N) is 1. The zero-order chi connectivity index (χ0) is 9.14. The highest BCUT2D eigenvalue weighted by molar-refractivity contribution is 5.03. The summed E-state index contributed by atoms with van der Waals surface area (Å²) in [4.78, 5) is 18.0. The summed E-state index contributed by atoms with van der Waals surface area (Å²) in [5, 5.41) is 0. The van der Waals surface area contributed by atoms with Gasteiger partial charge in [-0.05, 0) is 13.3 Å². The Labute approximate surface area is 71.9 Å². The quantitative estimate of drug-likeness (QED) is 0.725. The number of nitrogens with one attached hydrogen (secondary N) is 1. The second kappa shape index (κ2) is 3.52. The summed E-state index contributed by atoms with van der Waals surface area (Å²) in [5.41, 5.74) is 0.729. The highest BCUT2D eigenvalue weighted by Gasteiger charge is 2.05. The van der Waals surface area contributed by atoms with Gasteiger partial charge in [0.15, 0.2) is 0 Å². The van der Waals surface area contributed by atoms with Crippen LogP contribution >= 0.6 is 0 Å². The number of aromatic amines is 1. The van der Waals surface area contributed by atoms with Gasteiger partial charge in [-0.2, -0.15) is 0 Å². The van der Waals surface area contributed by atoms with E-state index in [0.717, 1.165) is 17.9 Å². The van der Waals surface area contributed by atoms with Crippen molar-refractivity contribution in [3.63, 3.8) is 0 Å². The van der Waals surface area contributed by atoms with Gasteiger partial charge in [0.05, 0.1) is 0 Å². The van der Waals surface area contributed by atoms with Gasteiger partial charge in [-0.3, -0.25) is 4.79 Å². The van der Waals surface area contributed by atoms with E-state index in [0.29, 0.717) is 5.92 Å². The molecule has 0 saturated heterocycles. The lowest BCUT2D eigenvalue weighted by atomic mass is 10.1. The third-order valence-corrected chi connectivity index (χ3v) is 1.97. The Hall–Kier alpha value is -1.12. The fourth-order valence-electron chi connectivity index (χ4n) is 1.03. The second-order valence-corrected chi connectivity index (χ2v) is 3.08. The van der Waals surface area contributed by atoms with E-state index in [9.17, 15) is 4.79 Å². The van der Waals surface area contributed by atoms with Crippen molar-refractivity contribution < 1.29 is 0 Å². The van der Waals surface area contributed by atoms with Crippen molar-refractivity contribution in [2.45, 2.75) is 33.1 Å². The molecule has 1 aromatic rings. The van der Waals surface area contributed by atoms with Crippen molar-refractivity contribution in [2.24, 2.45) is 0 Å². The minimum atomic E-state index is -0.0576. The predicted octanol–water partition coefficient (Wildman–Crippen LogP) is 1.59. The minimum absolute atomic E-state index is 0.0576. The number of aromatic nitrogens is 2. The van der Waals surface area contributed by atoms with Crippen molar-refractivity contribution in [3.05, 3.63) is 27.9 Å². The van der Waals surface area contributed by atoms with Crippen molar-refractivity contribution in [3.8, 4) is 0 Å². The van der Waals surface area contributed by atoms with Crippen LogP contribution in [0.1, 0.15) is 37.7 Å². The van der Waals surface area contributed by atoms with Gasteiger partial charge in [0, 0.05) is 17.7 Å². The molecule has 66 valence electrons. The Balaban J connectivity index is 3.08. The number of hydrogen-bond donors (Lipinski definition) is 1. The molecular formula is C9H14N2O. The van der Waals surface area contributed by atoms with Crippen LogP contribution < -0.4 is 5.56 Å². The van der Waals surface area contributed by atoms with Crippen LogP contribution in [-0.4, -0.2) is 9.97 Å². The summed E-state index contributed by atoms with van der Waals surface area (Å²) in [6.45, 7) is 5.96. The lowest BCUT2D eigenvalue weighted by Gasteiger charge is -2.06. The average Bonchev–Trinajstić information content (AvgIpc) is 2.01. The monoisotopic (exact) mass is 166 g/mol. The lowest BCUT2D eigenvalue weighted by Crippen LogP contribution is -2.12. The molecule has 0 aliphatic heterocycles. The molecule has 0 bridgehead atoms. The molecule has 0 aliphatic rings. The maximum Gasteiger partial charge on any atom is 0.251 e. The van der Waals surface area contributed by atoms with Crippen molar-refractivity contribution in [1.82, 2.24) is 9.97 Å². The smallest absolute Gasteiger partial charge is 0.251 e. The van der Waals surface area contributed by atoms with Crippen LogP contribution in [0, 0.1) is 6.92 Å². The van der Waals surface area contributed by atoms with Crippen LogP contribution in [0.5, 0.6) is 0 Å².